The van der Waals surface area contributed by atoms with Crippen LogP contribution in [0.3, 0.4) is 0 Å². The minimum Gasteiger partial charge on any atom is -0.331 e. The first-order valence-corrected chi connectivity index (χ1v) is 10.2. The molecular weight excluding hydrogens is 314 g/mol. The summed E-state index contributed by atoms with van der Waals surface area (Å²) in [6.45, 7) is 4.32. The van der Waals surface area contributed by atoms with Crippen LogP contribution in [0.2, 0.25) is 0 Å². The van der Waals surface area contributed by atoms with E-state index in [1.807, 2.05) is 10.9 Å². The van der Waals surface area contributed by atoms with E-state index in [0.717, 1.165) is 57.5 Å². The Morgan fingerprint density at radius 3 is 2.36 bits per heavy atom. The van der Waals surface area contributed by atoms with Crippen LogP contribution in [0.25, 0.3) is 0 Å². The third-order valence-corrected chi connectivity index (χ3v) is 6.37. The van der Waals surface area contributed by atoms with E-state index in [1.165, 1.54) is 19.3 Å². The van der Waals surface area contributed by atoms with Crippen molar-refractivity contribution < 1.29 is 4.79 Å². The number of amides is 1. The van der Waals surface area contributed by atoms with Crippen molar-refractivity contribution >= 4 is 5.91 Å². The topological polar surface area (TPSA) is 63.1 Å². The summed E-state index contributed by atoms with van der Waals surface area (Å²) >= 11 is 0. The van der Waals surface area contributed by atoms with Crippen LogP contribution in [0.15, 0.2) is 6.20 Å². The molecule has 25 heavy (non-hydrogen) atoms. The van der Waals surface area contributed by atoms with Gasteiger partial charge in [-0.05, 0) is 70.4 Å². The maximum atomic E-state index is 13.2. The van der Waals surface area contributed by atoms with Gasteiger partial charge >= 0.3 is 0 Å². The molecule has 1 aromatic rings. The third kappa shape index (κ3) is 3.73. The molecule has 0 spiro atoms. The van der Waals surface area contributed by atoms with Gasteiger partial charge in [0.2, 0.25) is 0 Å². The lowest BCUT2D eigenvalue weighted by Crippen LogP contribution is -2.44. The number of carbonyl (C=O) groups is 1. The van der Waals surface area contributed by atoms with Crippen LogP contribution < -0.4 is 5.32 Å². The molecule has 0 atom stereocenters. The van der Waals surface area contributed by atoms with E-state index in [9.17, 15) is 4.79 Å². The standard InChI is InChI=1S/C19H31N5O/c1-2-14-3-5-16(6-4-14)24(17-7-8-17)19(25)18-13-23(22-21-18)15-9-11-20-12-10-15/h13-17,20H,2-12H2,1H3. The van der Waals surface area contributed by atoms with E-state index in [0.29, 0.717) is 23.8 Å². The van der Waals surface area contributed by atoms with Gasteiger partial charge in [0.25, 0.3) is 5.91 Å². The molecule has 0 bridgehead atoms. The van der Waals surface area contributed by atoms with Gasteiger partial charge < -0.3 is 10.2 Å². The largest absolute Gasteiger partial charge is 0.331 e. The first-order valence-electron chi connectivity index (χ1n) is 10.2. The van der Waals surface area contributed by atoms with Gasteiger partial charge in [0, 0.05) is 12.1 Å². The maximum absolute atomic E-state index is 13.2. The van der Waals surface area contributed by atoms with Crippen molar-refractivity contribution in [2.75, 3.05) is 13.1 Å². The SMILES string of the molecule is CCC1CCC(N(C(=O)c2cn(C3CCNCC3)nn2)C2CC2)CC1. The van der Waals surface area contributed by atoms with Crippen LogP contribution in [0.5, 0.6) is 0 Å². The number of nitrogens with zero attached hydrogens (tertiary/aromatic N) is 4. The van der Waals surface area contributed by atoms with Gasteiger partial charge in [-0.2, -0.15) is 0 Å². The van der Waals surface area contributed by atoms with Crippen molar-refractivity contribution in [2.45, 2.75) is 82.8 Å². The van der Waals surface area contributed by atoms with Gasteiger partial charge in [-0.1, -0.05) is 18.6 Å². The van der Waals surface area contributed by atoms with Gasteiger partial charge in [-0.25, -0.2) is 4.68 Å². The molecule has 1 aromatic heterocycles. The van der Waals surface area contributed by atoms with E-state index in [-0.39, 0.29) is 5.91 Å². The second-order valence-electron chi connectivity index (χ2n) is 8.09. The van der Waals surface area contributed by atoms with Gasteiger partial charge in [0.15, 0.2) is 5.69 Å². The monoisotopic (exact) mass is 345 g/mol. The van der Waals surface area contributed by atoms with Crippen LogP contribution in [0, 0.1) is 5.92 Å². The smallest absolute Gasteiger partial charge is 0.276 e. The number of nitrogens with one attached hydrogen (secondary N) is 1. The highest BCUT2D eigenvalue weighted by atomic mass is 16.2. The quantitative estimate of drug-likeness (QED) is 0.891. The highest BCUT2D eigenvalue weighted by Gasteiger charge is 2.40. The van der Waals surface area contributed by atoms with E-state index >= 15 is 0 Å². The van der Waals surface area contributed by atoms with E-state index < -0.39 is 0 Å². The summed E-state index contributed by atoms with van der Waals surface area (Å²) in [7, 11) is 0. The summed E-state index contributed by atoms with van der Waals surface area (Å²) in [5, 5.41) is 11.9. The molecule has 1 aliphatic heterocycles. The highest BCUT2D eigenvalue weighted by molar-refractivity contribution is 5.92. The van der Waals surface area contributed by atoms with Crippen molar-refractivity contribution in [3.8, 4) is 0 Å². The predicted molar refractivity (Wildman–Crippen MR) is 96.4 cm³/mol. The molecule has 1 amide bonds. The number of hydrogen-bond acceptors (Lipinski definition) is 4. The van der Waals surface area contributed by atoms with Gasteiger partial charge in [0.1, 0.15) is 0 Å². The Morgan fingerprint density at radius 1 is 1.12 bits per heavy atom. The van der Waals surface area contributed by atoms with Crippen LogP contribution in [-0.4, -0.2) is 51.0 Å². The Balaban J connectivity index is 1.45. The molecule has 2 aliphatic carbocycles. The zero-order valence-corrected chi connectivity index (χ0v) is 15.4. The summed E-state index contributed by atoms with van der Waals surface area (Å²) in [4.78, 5) is 15.3. The normalized spacial score (nSPS) is 28.0. The Hall–Kier alpha value is -1.43. The third-order valence-electron chi connectivity index (χ3n) is 6.37. The molecule has 0 radical (unpaired) electrons. The van der Waals surface area contributed by atoms with Gasteiger partial charge in [0.05, 0.1) is 12.2 Å². The molecule has 1 saturated heterocycles. The van der Waals surface area contributed by atoms with Crippen LogP contribution in [-0.2, 0) is 0 Å². The molecule has 2 saturated carbocycles. The Labute approximate surface area is 150 Å². The molecule has 2 heterocycles. The molecule has 6 nitrogen and oxygen atoms in total. The lowest BCUT2D eigenvalue weighted by molar-refractivity contribution is 0.0581. The second-order valence-corrected chi connectivity index (χ2v) is 8.09. The van der Waals surface area contributed by atoms with E-state index in [1.54, 1.807) is 0 Å². The zero-order valence-electron chi connectivity index (χ0n) is 15.4. The predicted octanol–water partition coefficient (Wildman–Crippen LogP) is 2.78. The van der Waals surface area contributed by atoms with Crippen molar-refractivity contribution in [1.29, 1.82) is 0 Å². The molecule has 1 N–H and O–H groups in total. The molecule has 3 aliphatic rings. The van der Waals surface area contributed by atoms with Crippen molar-refractivity contribution in [1.82, 2.24) is 25.2 Å². The average Bonchev–Trinajstić information content (AvgIpc) is 3.37. The number of aromatic nitrogens is 3. The summed E-state index contributed by atoms with van der Waals surface area (Å²) in [6.07, 6.45) is 12.4. The summed E-state index contributed by atoms with van der Waals surface area (Å²) in [5.41, 5.74) is 0.544. The Kier molecular flexibility index (Phi) is 5.06. The lowest BCUT2D eigenvalue weighted by atomic mass is 9.83. The number of carbonyl (C=O) groups excluding carboxylic acids is 1. The van der Waals surface area contributed by atoms with Crippen LogP contribution >= 0.6 is 0 Å². The first-order chi connectivity index (χ1) is 12.3. The lowest BCUT2D eigenvalue weighted by Gasteiger charge is -2.36. The summed E-state index contributed by atoms with van der Waals surface area (Å²) in [5.74, 6) is 0.968. The summed E-state index contributed by atoms with van der Waals surface area (Å²) < 4.78 is 1.92. The fraction of sp³-hybridized carbons (Fsp3) is 0.842. The van der Waals surface area contributed by atoms with Crippen molar-refractivity contribution in [3.63, 3.8) is 0 Å². The van der Waals surface area contributed by atoms with E-state index in [2.05, 4.69) is 27.5 Å². The fourth-order valence-corrected chi connectivity index (χ4v) is 4.57. The van der Waals surface area contributed by atoms with Gasteiger partial charge in [-0.15, -0.1) is 5.10 Å². The highest BCUT2D eigenvalue weighted by Crippen LogP contribution is 2.37. The van der Waals surface area contributed by atoms with Crippen LogP contribution in [0.4, 0.5) is 0 Å². The van der Waals surface area contributed by atoms with Crippen molar-refractivity contribution in [3.05, 3.63) is 11.9 Å². The Morgan fingerprint density at radius 2 is 1.76 bits per heavy atom. The minimum absolute atomic E-state index is 0.114. The Bertz CT molecular complexity index is 582. The molecule has 4 rings (SSSR count). The second kappa shape index (κ2) is 7.44. The number of hydrogen-bond donors (Lipinski definition) is 1. The van der Waals surface area contributed by atoms with E-state index in [4.69, 9.17) is 0 Å². The summed E-state index contributed by atoms with van der Waals surface area (Å²) in [6, 6.07) is 1.23. The molecule has 3 fully saturated rings. The molecule has 0 unspecified atom stereocenters. The number of rotatable bonds is 5. The molecular formula is C19H31N5O. The fourth-order valence-electron chi connectivity index (χ4n) is 4.57. The molecule has 0 aromatic carbocycles. The molecule has 138 valence electrons. The van der Waals surface area contributed by atoms with Crippen LogP contribution in [0.1, 0.15) is 81.2 Å². The molecule has 6 heteroatoms. The maximum Gasteiger partial charge on any atom is 0.276 e. The average molecular weight is 345 g/mol. The number of piperidine rings is 1. The van der Waals surface area contributed by atoms with Crippen molar-refractivity contribution in [2.24, 2.45) is 5.92 Å². The van der Waals surface area contributed by atoms with Gasteiger partial charge in [-0.3, -0.25) is 4.79 Å². The minimum atomic E-state index is 0.114. The zero-order chi connectivity index (χ0) is 17.2. The first kappa shape index (κ1) is 17.0.